The number of hydrogen-bond acceptors (Lipinski definition) is 4. The highest BCUT2D eigenvalue weighted by molar-refractivity contribution is 7.90. The summed E-state index contributed by atoms with van der Waals surface area (Å²) in [4.78, 5) is 22.4. The lowest BCUT2D eigenvalue weighted by molar-refractivity contribution is -0.132. The molecule has 126 valence electrons. The van der Waals surface area contributed by atoms with Crippen LogP contribution < -0.4 is 4.72 Å². The van der Waals surface area contributed by atoms with E-state index in [1.165, 1.54) is 6.92 Å². The summed E-state index contributed by atoms with van der Waals surface area (Å²) in [6.45, 7) is 1.52. The van der Waals surface area contributed by atoms with Crippen LogP contribution in [0.2, 0.25) is 5.02 Å². The maximum atomic E-state index is 13.8. The quantitative estimate of drug-likeness (QED) is 0.835. The van der Waals surface area contributed by atoms with E-state index in [0.717, 1.165) is 6.07 Å². The second-order valence-electron chi connectivity index (χ2n) is 5.71. The molecule has 0 saturated heterocycles. The second kappa shape index (κ2) is 6.16. The van der Waals surface area contributed by atoms with Gasteiger partial charge in [-0.1, -0.05) is 18.5 Å². The molecular weight excluding hydrogens is 352 g/mol. The van der Waals surface area contributed by atoms with E-state index in [4.69, 9.17) is 11.6 Å². The Hall–Kier alpha value is -1.54. The van der Waals surface area contributed by atoms with Crippen molar-refractivity contribution in [3.8, 4) is 0 Å². The maximum absolute atomic E-state index is 13.8. The molecule has 23 heavy (non-hydrogen) atoms. The molecule has 1 aliphatic rings. The first kappa shape index (κ1) is 17.8. The van der Waals surface area contributed by atoms with E-state index < -0.39 is 42.9 Å². The number of sulfonamides is 1. The number of carbonyl (C=O) groups is 2. The van der Waals surface area contributed by atoms with Gasteiger partial charge in [0.15, 0.2) is 11.6 Å². The van der Waals surface area contributed by atoms with Gasteiger partial charge in [0.2, 0.25) is 5.91 Å². The van der Waals surface area contributed by atoms with Crippen LogP contribution in [0.15, 0.2) is 17.0 Å². The zero-order valence-electron chi connectivity index (χ0n) is 12.2. The van der Waals surface area contributed by atoms with E-state index in [9.17, 15) is 26.8 Å². The largest absolute Gasteiger partial charge is 0.300 e. The zero-order valence-corrected chi connectivity index (χ0v) is 13.7. The molecule has 0 atom stereocenters. The average Bonchev–Trinajstić information content (AvgIpc) is 2.46. The first-order valence-corrected chi connectivity index (χ1v) is 8.65. The Bertz CT molecular complexity index is 769. The van der Waals surface area contributed by atoms with Crippen LogP contribution in [0, 0.1) is 17.0 Å². The van der Waals surface area contributed by atoms with Gasteiger partial charge in [0.1, 0.15) is 10.7 Å². The molecule has 1 saturated carbocycles. The summed E-state index contributed by atoms with van der Waals surface area (Å²) in [7, 11) is -4.68. The lowest BCUT2D eigenvalue weighted by Gasteiger charge is -2.31. The second-order valence-corrected chi connectivity index (χ2v) is 7.73. The molecule has 0 unspecified atom stereocenters. The van der Waals surface area contributed by atoms with Gasteiger partial charge in [-0.3, -0.25) is 9.59 Å². The van der Waals surface area contributed by atoms with Gasteiger partial charge in [0, 0.05) is 18.3 Å². The van der Waals surface area contributed by atoms with Crippen LogP contribution in [-0.2, 0) is 19.6 Å². The van der Waals surface area contributed by atoms with E-state index in [1.54, 1.807) is 4.72 Å². The minimum absolute atomic E-state index is 0.00245. The molecule has 0 bridgehead atoms. The van der Waals surface area contributed by atoms with Gasteiger partial charge in [-0.25, -0.2) is 21.9 Å². The predicted octanol–water partition coefficient (Wildman–Crippen LogP) is 2.57. The smallest absolute Gasteiger partial charge is 0.268 e. The van der Waals surface area contributed by atoms with Gasteiger partial charge >= 0.3 is 0 Å². The highest BCUT2D eigenvalue weighted by Gasteiger charge is 2.40. The standard InChI is InChI=1S/C14H14ClF2NO4S/c1-14(6-4-8(19)5-7-14)13(20)18-23(21,22)12-9(15)2-3-10(16)11(12)17/h2-3H,4-7H2,1H3,(H,18,20). The summed E-state index contributed by atoms with van der Waals surface area (Å²) in [5, 5.41) is -0.534. The van der Waals surface area contributed by atoms with Crippen LogP contribution in [0.25, 0.3) is 0 Å². The molecule has 1 aliphatic carbocycles. The average molecular weight is 366 g/mol. The van der Waals surface area contributed by atoms with Crippen LogP contribution in [0.3, 0.4) is 0 Å². The summed E-state index contributed by atoms with van der Waals surface area (Å²) in [6.07, 6.45) is 0.706. The third-order valence-electron chi connectivity index (χ3n) is 3.96. The van der Waals surface area contributed by atoms with Gasteiger partial charge in [0.05, 0.1) is 5.02 Å². The van der Waals surface area contributed by atoms with Crippen molar-refractivity contribution in [3.05, 3.63) is 28.8 Å². The highest BCUT2D eigenvalue weighted by atomic mass is 35.5. The number of Topliss-reactive ketones (excluding diaryl/α,β-unsaturated/α-hetero) is 1. The van der Waals surface area contributed by atoms with Gasteiger partial charge in [-0.05, 0) is 25.0 Å². The number of ketones is 1. The third kappa shape index (κ3) is 3.53. The van der Waals surface area contributed by atoms with Crippen LogP contribution in [0.4, 0.5) is 8.78 Å². The minimum Gasteiger partial charge on any atom is -0.300 e. The molecule has 0 heterocycles. The summed E-state index contributed by atoms with van der Waals surface area (Å²) < 4.78 is 53.1. The van der Waals surface area contributed by atoms with Gasteiger partial charge in [0.25, 0.3) is 10.0 Å². The van der Waals surface area contributed by atoms with Crippen molar-refractivity contribution < 1.29 is 26.8 Å². The van der Waals surface area contributed by atoms with Crippen LogP contribution >= 0.6 is 11.6 Å². The van der Waals surface area contributed by atoms with Crippen LogP contribution in [-0.4, -0.2) is 20.1 Å². The van der Waals surface area contributed by atoms with Crippen LogP contribution in [0.5, 0.6) is 0 Å². The number of benzene rings is 1. The molecule has 0 aromatic heterocycles. The SMILES string of the molecule is CC1(C(=O)NS(=O)(=O)c2c(Cl)ccc(F)c2F)CCC(=O)CC1. The van der Waals surface area contributed by atoms with E-state index in [0.29, 0.717) is 6.07 Å². The van der Waals surface area contributed by atoms with Crippen molar-refractivity contribution in [2.45, 2.75) is 37.5 Å². The number of rotatable bonds is 3. The summed E-state index contributed by atoms with van der Waals surface area (Å²) in [5.74, 6) is -3.92. The Kier molecular flexibility index (Phi) is 4.77. The fourth-order valence-electron chi connectivity index (χ4n) is 2.36. The van der Waals surface area contributed by atoms with Crippen molar-refractivity contribution in [1.29, 1.82) is 0 Å². The Morgan fingerprint density at radius 2 is 1.83 bits per heavy atom. The molecule has 2 rings (SSSR count). The van der Waals surface area contributed by atoms with E-state index >= 15 is 0 Å². The lowest BCUT2D eigenvalue weighted by atomic mass is 9.75. The molecule has 1 N–H and O–H groups in total. The minimum atomic E-state index is -4.68. The highest BCUT2D eigenvalue weighted by Crippen LogP contribution is 2.35. The van der Waals surface area contributed by atoms with Crippen molar-refractivity contribution >= 4 is 33.3 Å². The summed E-state index contributed by atoms with van der Waals surface area (Å²) >= 11 is 5.63. The molecule has 1 amide bonds. The fourth-order valence-corrected chi connectivity index (χ4v) is 4.06. The Labute approximate surface area is 137 Å². The van der Waals surface area contributed by atoms with E-state index in [1.807, 2.05) is 0 Å². The number of carbonyl (C=O) groups excluding carboxylic acids is 2. The van der Waals surface area contributed by atoms with Gasteiger partial charge < -0.3 is 0 Å². The molecule has 0 spiro atoms. The first-order valence-electron chi connectivity index (χ1n) is 6.79. The molecule has 1 fully saturated rings. The third-order valence-corrected chi connectivity index (χ3v) is 5.77. The number of halogens is 3. The fraction of sp³-hybridized carbons (Fsp3) is 0.429. The predicted molar refractivity (Wildman–Crippen MR) is 78.3 cm³/mol. The van der Waals surface area contributed by atoms with Crippen molar-refractivity contribution in [1.82, 2.24) is 4.72 Å². The van der Waals surface area contributed by atoms with E-state index in [-0.39, 0.29) is 31.5 Å². The molecule has 0 radical (unpaired) electrons. The van der Waals surface area contributed by atoms with Gasteiger partial charge in [-0.15, -0.1) is 0 Å². The zero-order chi connectivity index (χ0) is 17.4. The van der Waals surface area contributed by atoms with Crippen molar-refractivity contribution in [2.75, 3.05) is 0 Å². The Balaban J connectivity index is 2.30. The van der Waals surface area contributed by atoms with E-state index in [2.05, 4.69) is 0 Å². The normalized spacial score (nSPS) is 17.8. The Morgan fingerprint density at radius 1 is 1.26 bits per heavy atom. The molecule has 1 aromatic rings. The number of nitrogens with one attached hydrogen (secondary N) is 1. The maximum Gasteiger partial charge on any atom is 0.268 e. The molecule has 1 aromatic carbocycles. The molecule has 5 nitrogen and oxygen atoms in total. The first-order chi connectivity index (χ1) is 10.6. The number of hydrogen-bond donors (Lipinski definition) is 1. The molecular formula is C14H14ClF2NO4S. The molecule has 0 aliphatic heterocycles. The monoisotopic (exact) mass is 365 g/mol. The summed E-state index contributed by atoms with van der Waals surface area (Å²) in [6, 6.07) is 1.58. The lowest BCUT2D eigenvalue weighted by Crippen LogP contribution is -2.44. The van der Waals surface area contributed by atoms with Crippen molar-refractivity contribution in [2.24, 2.45) is 5.41 Å². The van der Waals surface area contributed by atoms with Crippen molar-refractivity contribution in [3.63, 3.8) is 0 Å². The molecule has 9 heteroatoms. The number of amides is 1. The topological polar surface area (TPSA) is 80.3 Å². The van der Waals surface area contributed by atoms with Crippen LogP contribution in [0.1, 0.15) is 32.6 Å². The van der Waals surface area contributed by atoms with Gasteiger partial charge in [-0.2, -0.15) is 0 Å². The Morgan fingerprint density at radius 3 is 2.39 bits per heavy atom. The summed E-state index contributed by atoms with van der Waals surface area (Å²) in [5.41, 5.74) is -1.07.